The molecule has 0 aliphatic carbocycles. The van der Waals surface area contributed by atoms with E-state index in [9.17, 15) is 9.18 Å². The van der Waals surface area contributed by atoms with E-state index in [1.165, 1.54) is 12.4 Å². The summed E-state index contributed by atoms with van der Waals surface area (Å²) in [6.45, 7) is 1.74. The van der Waals surface area contributed by atoms with Crippen molar-refractivity contribution < 1.29 is 9.18 Å². The number of rotatable bonds is 3. The number of imidazole rings is 1. The number of hydrogen-bond acceptors (Lipinski definition) is 2. The SMILES string of the molecule is CCC(=O)Nc1ccc(-n2ccnc2)c(F)c1. The Kier molecular flexibility index (Phi) is 3.18. The smallest absolute Gasteiger partial charge is 0.224 e. The number of anilines is 1. The van der Waals surface area contributed by atoms with Gasteiger partial charge in [-0.25, -0.2) is 9.37 Å². The Balaban J connectivity index is 2.26. The highest BCUT2D eigenvalue weighted by atomic mass is 19.1. The Morgan fingerprint density at radius 3 is 2.94 bits per heavy atom. The summed E-state index contributed by atoms with van der Waals surface area (Å²) in [5.74, 6) is -0.545. The second-order valence-corrected chi connectivity index (χ2v) is 3.54. The maximum Gasteiger partial charge on any atom is 0.224 e. The van der Waals surface area contributed by atoms with E-state index in [0.29, 0.717) is 17.8 Å². The van der Waals surface area contributed by atoms with Gasteiger partial charge in [0, 0.05) is 24.5 Å². The van der Waals surface area contributed by atoms with Crippen LogP contribution in [-0.2, 0) is 4.79 Å². The molecule has 17 heavy (non-hydrogen) atoms. The number of carbonyl (C=O) groups is 1. The molecule has 0 fully saturated rings. The molecule has 0 atom stereocenters. The number of halogens is 1. The first-order valence-electron chi connectivity index (χ1n) is 5.28. The van der Waals surface area contributed by atoms with Crippen LogP contribution in [0.1, 0.15) is 13.3 Å². The third kappa shape index (κ3) is 2.50. The number of benzene rings is 1. The second kappa shape index (κ2) is 4.78. The summed E-state index contributed by atoms with van der Waals surface area (Å²) in [4.78, 5) is 15.0. The Morgan fingerprint density at radius 1 is 1.53 bits per heavy atom. The van der Waals surface area contributed by atoms with Crippen LogP contribution in [0.15, 0.2) is 36.9 Å². The van der Waals surface area contributed by atoms with Crippen LogP contribution in [0.25, 0.3) is 5.69 Å². The van der Waals surface area contributed by atoms with Crippen LogP contribution in [0.4, 0.5) is 10.1 Å². The number of amides is 1. The predicted octanol–water partition coefficient (Wildman–Crippen LogP) is 2.36. The largest absolute Gasteiger partial charge is 0.326 e. The third-order valence-electron chi connectivity index (χ3n) is 2.34. The number of nitrogens with zero attached hydrogens (tertiary/aromatic N) is 2. The van der Waals surface area contributed by atoms with Gasteiger partial charge < -0.3 is 9.88 Å². The first-order valence-corrected chi connectivity index (χ1v) is 5.28. The molecule has 0 bridgehead atoms. The molecule has 0 saturated carbocycles. The minimum Gasteiger partial charge on any atom is -0.326 e. The van der Waals surface area contributed by atoms with Crippen molar-refractivity contribution in [3.8, 4) is 5.69 Å². The number of aromatic nitrogens is 2. The van der Waals surface area contributed by atoms with Crippen LogP contribution in [0.3, 0.4) is 0 Å². The molecule has 1 heterocycles. The summed E-state index contributed by atoms with van der Waals surface area (Å²) < 4.78 is 15.3. The zero-order valence-electron chi connectivity index (χ0n) is 9.35. The summed E-state index contributed by atoms with van der Waals surface area (Å²) in [7, 11) is 0. The highest BCUT2D eigenvalue weighted by Crippen LogP contribution is 2.18. The van der Waals surface area contributed by atoms with Gasteiger partial charge in [-0.3, -0.25) is 4.79 Å². The molecule has 1 amide bonds. The van der Waals surface area contributed by atoms with Gasteiger partial charge in [0.15, 0.2) is 0 Å². The zero-order valence-corrected chi connectivity index (χ0v) is 9.35. The van der Waals surface area contributed by atoms with Crippen molar-refractivity contribution in [1.29, 1.82) is 0 Å². The molecule has 4 nitrogen and oxygen atoms in total. The monoisotopic (exact) mass is 233 g/mol. The molecule has 0 saturated heterocycles. The molecule has 0 aliphatic heterocycles. The van der Waals surface area contributed by atoms with E-state index in [4.69, 9.17) is 0 Å². The molecule has 2 rings (SSSR count). The van der Waals surface area contributed by atoms with Crippen LogP contribution < -0.4 is 5.32 Å². The fourth-order valence-corrected chi connectivity index (χ4v) is 1.45. The lowest BCUT2D eigenvalue weighted by atomic mass is 10.2. The van der Waals surface area contributed by atoms with Gasteiger partial charge in [-0.1, -0.05) is 6.92 Å². The minimum absolute atomic E-state index is 0.139. The van der Waals surface area contributed by atoms with Crippen molar-refractivity contribution in [2.45, 2.75) is 13.3 Å². The van der Waals surface area contributed by atoms with Gasteiger partial charge in [0.05, 0.1) is 12.0 Å². The Labute approximate surface area is 98.1 Å². The van der Waals surface area contributed by atoms with E-state index in [2.05, 4.69) is 10.3 Å². The van der Waals surface area contributed by atoms with Crippen molar-refractivity contribution in [3.63, 3.8) is 0 Å². The van der Waals surface area contributed by atoms with Gasteiger partial charge in [0.1, 0.15) is 5.82 Å². The van der Waals surface area contributed by atoms with E-state index in [0.717, 1.165) is 0 Å². The lowest BCUT2D eigenvalue weighted by molar-refractivity contribution is -0.115. The van der Waals surface area contributed by atoms with Crippen LogP contribution in [0.5, 0.6) is 0 Å². The van der Waals surface area contributed by atoms with E-state index in [-0.39, 0.29) is 5.91 Å². The van der Waals surface area contributed by atoms with Gasteiger partial charge in [0.25, 0.3) is 0 Å². The standard InChI is InChI=1S/C12H12FN3O/c1-2-12(17)15-9-3-4-11(10(13)7-9)16-6-5-14-8-16/h3-8H,2H2,1H3,(H,15,17). The maximum atomic E-state index is 13.8. The van der Waals surface area contributed by atoms with Crippen molar-refractivity contribution >= 4 is 11.6 Å². The van der Waals surface area contributed by atoms with Gasteiger partial charge in [-0.2, -0.15) is 0 Å². The van der Waals surface area contributed by atoms with Crippen molar-refractivity contribution in [2.24, 2.45) is 0 Å². The first kappa shape index (κ1) is 11.3. The quantitative estimate of drug-likeness (QED) is 0.884. The number of hydrogen-bond donors (Lipinski definition) is 1. The number of carbonyl (C=O) groups excluding carboxylic acids is 1. The summed E-state index contributed by atoms with van der Waals surface area (Å²) in [6, 6.07) is 4.55. The van der Waals surface area contributed by atoms with E-state index < -0.39 is 5.82 Å². The van der Waals surface area contributed by atoms with Crippen LogP contribution in [0.2, 0.25) is 0 Å². The topological polar surface area (TPSA) is 46.9 Å². The summed E-state index contributed by atoms with van der Waals surface area (Å²) in [6.07, 6.45) is 5.11. The first-order chi connectivity index (χ1) is 8.20. The Bertz CT molecular complexity index is 523. The number of nitrogens with one attached hydrogen (secondary N) is 1. The average Bonchev–Trinajstić information content (AvgIpc) is 2.82. The Morgan fingerprint density at radius 2 is 2.35 bits per heavy atom. The molecule has 0 spiro atoms. The summed E-state index contributed by atoms with van der Waals surface area (Å²) in [5.41, 5.74) is 0.857. The van der Waals surface area contributed by atoms with Crippen LogP contribution in [-0.4, -0.2) is 15.5 Å². The summed E-state index contributed by atoms with van der Waals surface area (Å²) >= 11 is 0. The van der Waals surface area contributed by atoms with Gasteiger partial charge in [-0.15, -0.1) is 0 Å². The van der Waals surface area contributed by atoms with Crippen LogP contribution in [0, 0.1) is 5.82 Å². The zero-order chi connectivity index (χ0) is 12.3. The molecular weight excluding hydrogens is 221 g/mol. The van der Waals surface area contributed by atoms with Gasteiger partial charge in [-0.05, 0) is 18.2 Å². The van der Waals surface area contributed by atoms with Crippen LogP contribution >= 0.6 is 0 Å². The fourth-order valence-electron chi connectivity index (χ4n) is 1.45. The minimum atomic E-state index is -0.406. The van der Waals surface area contributed by atoms with Gasteiger partial charge >= 0.3 is 0 Å². The molecular formula is C12H12FN3O. The van der Waals surface area contributed by atoms with E-state index in [1.807, 2.05) is 0 Å². The molecule has 0 aliphatic rings. The fraction of sp³-hybridized carbons (Fsp3) is 0.167. The third-order valence-corrected chi connectivity index (χ3v) is 2.34. The molecule has 1 aromatic heterocycles. The maximum absolute atomic E-state index is 13.8. The lowest BCUT2D eigenvalue weighted by Crippen LogP contribution is -2.09. The molecule has 2 aromatic rings. The highest BCUT2D eigenvalue weighted by molar-refractivity contribution is 5.90. The van der Waals surface area contributed by atoms with E-state index in [1.54, 1.807) is 36.0 Å². The average molecular weight is 233 g/mol. The van der Waals surface area contributed by atoms with E-state index >= 15 is 0 Å². The predicted molar refractivity (Wildman–Crippen MR) is 62.4 cm³/mol. The van der Waals surface area contributed by atoms with Gasteiger partial charge in [0.2, 0.25) is 5.91 Å². The summed E-state index contributed by atoms with van der Waals surface area (Å²) in [5, 5.41) is 2.60. The second-order valence-electron chi connectivity index (χ2n) is 3.54. The lowest BCUT2D eigenvalue weighted by Gasteiger charge is -2.07. The molecule has 1 N–H and O–H groups in total. The Hall–Kier alpha value is -2.17. The molecule has 0 radical (unpaired) electrons. The van der Waals surface area contributed by atoms with Crippen molar-refractivity contribution in [1.82, 2.24) is 9.55 Å². The highest BCUT2D eigenvalue weighted by Gasteiger charge is 2.06. The molecule has 88 valence electrons. The molecule has 5 heteroatoms. The van der Waals surface area contributed by atoms with Crippen molar-refractivity contribution in [3.05, 3.63) is 42.7 Å². The van der Waals surface area contributed by atoms with Crippen molar-refractivity contribution in [2.75, 3.05) is 5.32 Å². The molecule has 1 aromatic carbocycles. The normalized spacial score (nSPS) is 10.2. The molecule has 0 unspecified atom stereocenters.